The monoisotopic (exact) mass is 448 g/mol. The van der Waals surface area contributed by atoms with Crippen LogP contribution in [0.4, 0.5) is 5.69 Å². The van der Waals surface area contributed by atoms with Gasteiger partial charge >= 0.3 is 0 Å². The van der Waals surface area contributed by atoms with Crippen molar-refractivity contribution in [1.82, 2.24) is 24.9 Å². The van der Waals surface area contributed by atoms with Crippen LogP contribution in [0.25, 0.3) is 10.9 Å². The van der Waals surface area contributed by atoms with E-state index in [1.165, 1.54) is 6.07 Å². The third-order valence-corrected chi connectivity index (χ3v) is 7.03. The molecule has 0 saturated carbocycles. The molecule has 2 saturated heterocycles. The molecule has 2 fully saturated rings. The molecule has 9 nitrogen and oxygen atoms in total. The lowest BCUT2D eigenvalue weighted by molar-refractivity contribution is -0.385. The van der Waals surface area contributed by atoms with Gasteiger partial charge < -0.3 is 10.2 Å². The topological polar surface area (TPSA) is 96.5 Å². The Kier molecular flexibility index (Phi) is 5.59. The fraction of sp³-hybridized carbons (Fsp3) is 0.417. The van der Waals surface area contributed by atoms with Crippen molar-refractivity contribution in [3.8, 4) is 0 Å². The number of para-hydroxylation sites is 2. The smallest absolute Gasteiger partial charge is 0.274 e. The van der Waals surface area contributed by atoms with Crippen molar-refractivity contribution in [3.05, 3.63) is 69.9 Å². The summed E-state index contributed by atoms with van der Waals surface area (Å²) in [6.45, 7) is 2.23. The lowest BCUT2D eigenvalue weighted by Gasteiger charge is -2.50. The number of carbonyl (C=O) groups excluding carboxylic acids is 1. The van der Waals surface area contributed by atoms with Crippen LogP contribution in [0.2, 0.25) is 0 Å². The Balaban J connectivity index is 1.40. The van der Waals surface area contributed by atoms with Crippen LogP contribution < -0.4 is 5.32 Å². The minimum absolute atomic E-state index is 0.0471. The zero-order chi connectivity index (χ0) is 23.1. The molecule has 0 radical (unpaired) electrons. The van der Waals surface area contributed by atoms with Gasteiger partial charge in [0.25, 0.3) is 11.6 Å². The van der Waals surface area contributed by atoms with Crippen LogP contribution in [0, 0.1) is 10.1 Å². The summed E-state index contributed by atoms with van der Waals surface area (Å²) in [6.07, 6.45) is 1.83. The van der Waals surface area contributed by atoms with E-state index in [4.69, 9.17) is 0 Å². The Labute approximate surface area is 192 Å². The van der Waals surface area contributed by atoms with Gasteiger partial charge in [0.15, 0.2) is 5.69 Å². The molecule has 2 aromatic carbocycles. The molecule has 1 amide bonds. The number of nitro benzene ring substituents is 1. The van der Waals surface area contributed by atoms with E-state index in [1.54, 1.807) is 22.9 Å². The highest BCUT2D eigenvalue weighted by Gasteiger charge is 2.38. The highest BCUT2D eigenvalue weighted by atomic mass is 16.6. The van der Waals surface area contributed by atoms with Crippen LogP contribution >= 0.6 is 0 Å². The van der Waals surface area contributed by atoms with E-state index in [2.05, 4.69) is 34.3 Å². The van der Waals surface area contributed by atoms with Crippen molar-refractivity contribution in [2.24, 2.45) is 0 Å². The van der Waals surface area contributed by atoms with Crippen molar-refractivity contribution >= 4 is 22.5 Å². The number of hydrogen-bond acceptors (Lipinski definition) is 6. The van der Waals surface area contributed by atoms with Crippen LogP contribution in [0.3, 0.4) is 0 Å². The number of benzene rings is 2. The number of nitrogens with one attached hydrogen (secondary N) is 1. The summed E-state index contributed by atoms with van der Waals surface area (Å²) < 4.78 is 1.69. The molecule has 9 heteroatoms. The fourth-order valence-corrected chi connectivity index (χ4v) is 5.36. The fourth-order valence-electron chi connectivity index (χ4n) is 5.36. The van der Waals surface area contributed by atoms with E-state index < -0.39 is 0 Å². The molecule has 2 aliphatic heterocycles. The normalized spacial score (nSPS) is 23.5. The average molecular weight is 449 g/mol. The highest BCUT2D eigenvalue weighted by molar-refractivity contribution is 6.05. The van der Waals surface area contributed by atoms with E-state index in [-0.39, 0.29) is 29.1 Å². The molecule has 2 unspecified atom stereocenters. The number of amides is 1. The molecule has 2 bridgehead atoms. The number of piperazine rings is 1. The zero-order valence-electron chi connectivity index (χ0n) is 18.8. The van der Waals surface area contributed by atoms with E-state index in [0.29, 0.717) is 23.3 Å². The average Bonchev–Trinajstić information content (AvgIpc) is 3.14. The quantitative estimate of drug-likeness (QED) is 0.476. The summed E-state index contributed by atoms with van der Waals surface area (Å²) in [5.74, 6) is -0.187. The largest absolute Gasteiger partial charge is 0.348 e. The van der Waals surface area contributed by atoms with Gasteiger partial charge in [-0.25, -0.2) is 0 Å². The lowest BCUT2D eigenvalue weighted by atomic mass is 9.88. The Bertz CT molecular complexity index is 1190. The number of rotatable bonds is 5. The maximum atomic E-state index is 13.3. The highest BCUT2D eigenvalue weighted by Crippen LogP contribution is 2.28. The number of aromatic nitrogens is 2. The molecule has 3 heterocycles. The number of piperidine rings is 1. The standard InChI is InChI=1S/C24H28N6O3/c1-27-14-18-11-17(12-19(15-27)28(18)2)25-24(31)23-20-8-4-6-10-22(20)29(26-23)13-16-7-3-5-9-21(16)30(32)33/h3-10,17-19H,11-15H2,1-2H3,(H,25,31). The summed E-state index contributed by atoms with van der Waals surface area (Å²) >= 11 is 0. The Hall–Kier alpha value is -3.30. The van der Waals surface area contributed by atoms with Gasteiger partial charge in [0, 0.05) is 42.7 Å². The van der Waals surface area contributed by atoms with Crippen LogP contribution in [-0.4, -0.2) is 75.7 Å². The summed E-state index contributed by atoms with van der Waals surface area (Å²) in [6, 6.07) is 15.1. The molecule has 0 aliphatic carbocycles. The predicted molar refractivity (Wildman–Crippen MR) is 125 cm³/mol. The number of fused-ring (bicyclic) bond motifs is 3. The van der Waals surface area contributed by atoms with Crippen molar-refractivity contribution in [1.29, 1.82) is 0 Å². The first-order valence-electron chi connectivity index (χ1n) is 11.3. The zero-order valence-corrected chi connectivity index (χ0v) is 18.8. The van der Waals surface area contributed by atoms with Crippen molar-refractivity contribution in [3.63, 3.8) is 0 Å². The third kappa shape index (κ3) is 4.09. The molecule has 33 heavy (non-hydrogen) atoms. The molecule has 1 N–H and O–H groups in total. The first-order valence-corrected chi connectivity index (χ1v) is 11.3. The summed E-state index contributed by atoms with van der Waals surface area (Å²) in [7, 11) is 4.33. The van der Waals surface area contributed by atoms with Gasteiger partial charge in [0.2, 0.25) is 0 Å². The maximum absolute atomic E-state index is 13.3. The van der Waals surface area contributed by atoms with Gasteiger partial charge in [0.1, 0.15) is 0 Å². The second-order valence-electron chi connectivity index (χ2n) is 9.25. The molecule has 3 aromatic rings. The van der Waals surface area contributed by atoms with Gasteiger partial charge in [-0.05, 0) is 33.0 Å². The number of carbonyl (C=O) groups is 1. The number of nitrogens with zero attached hydrogens (tertiary/aromatic N) is 5. The van der Waals surface area contributed by atoms with Crippen LogP contribution in [-0.2, 0) is 6.54 Å². The number of likely N-dealkylation sites (tertiary alicyclic amines) is 1. The van der Waals surface area contributed by atoms with Gasteiger partial charge in [-0.1, -0.05) is 36.4 Å². The van der Waals surface area contributed by atoms with E-state index in [9.17, 15) is 14.9 Å². The molecular formula is C24H28N6O3. The number of likely N-dealkylation sites (N-methyl/N-ethyl adjacent to an activating group) is 2. The Morgan fingerprint density at radius 2 is 1.76 bits per heavy atom. The lowest BCUT2D eigenvalue weighted by Crippen LogP contribution is -2.63. The SMILES string of the molecule is CN1CC2CC(NC(=O)c3nn(Cc4ccccc4[N+](=O)[O-])c4ccccc34)CC(C1)N2C. The minimum Gasteiger partial charge on any atom is -0.348 e. The molecule has 5 rings (SSSR count). The predicted octanol–water partition coefficient (Wildman–Crippen LogP) is 2.50. The summed E-state index contributed by atoms with van der Waals surface area (Å²) in [5.41, 5.74) is 1.74. The van der Waals surface area contributed by atoms with E-state index >= 15 is 0 Å². The molecule has 2 aliphatic rings. The number of hydrogen-bond donors (Lipinski definition) is 1. The third-order valence-electron chi connectivity index (χ3n) is 7.03. The van der Waals surface area contributed by atoms with Gasteiger partial charge in [0.05, 0.1) is 22.5 Å². The number of nitro groups is 1. The Morgan fingerprint density at radius 3 is 2.48 bits per heavy atom. The molecule has 172 valence electrons. The first kappa shape index (κ1) is 21.5. The van der Waals surface area contributed by atoms with Gasteiger partial charge in [-0.2, -0.15) is 5.10 Å². The summed E-state index contributed by atoms with van der Waals surface area (Å²) in [5, 5.41) is 20.0. The van der Waals surface area contributed by atoms with Gasteiger partial charge in [-0.3, -0.25) is 24.5 Å². The summed E-state index contributed by atoms with van der Waals surface area (Å²) in [4.78, 5) is 29.2. The minimum atomic E-state index is -0.386. The van der Waals surface area contributed by atoms with Crippen molar-refractivity contribution in [2.75, 3.05) is 27.2 Å². The van der Waals surface area contributed by atoms with E-state index in [0.717, 1.165) is 36.8 Å². The van der Waals surface area contributed by atoms with Crippen molar-refractivity contribution in [2.45, 2.75) is 37.5 Å². The molecule has 0 spiro atoms. The molecule has 1 aromatic heterocycles. The van der Waals surface area contributed by atoms with Crippen LogP contribution in [0.5, 0.6) is 0 Å². The maximum Gasteiger partial charge on any atom is 0.274 e. The van der Waals surface area contributed by atoms with Crippen molar-refractivity contribution < 1.29 is 9.72 Å². The van der Waals surface area contributed by atoms with E-state index in [1.807, 2.05) is 24.3 Å². The Morgan fingerprint density at radius 1 is 1.09 bits per heavy atom. The van der Waals surface area contributed by atoms with Crippen LogP contribution in [0.15, 0.2) is 48.5 Å². The van der Waals surface area contributed by atoms with Crippen LogP contribution in [0.1, 0.15) is 28.9 Å². The molecular weight excluding hydrogens is 420 g/mol. The second-order valence-corrected chi connectivity index (χ2v) is 9.25. The first-order chi connectivity index (χ1) is 15.9. The second kappa shape index (κ2) is 8.57. The van der Waals surface area contributed by atoms with Gasteiger partial charge in [-0.15, -0.1) is 0 Å². The molecule has 2 atom stereocenters.